The molecule has 9 heteroatoms. The number of halogens is 5. The summed E-state index contributed by atoms with van der Waals surface area (Å²) < 4.78 is 37.9. The van der Waals surface area contributed by atoms with Crippen LogP contribution in [0, 0.1) is 11.8 Å². The van der Waals surface area contributed by atoms with Crippen LogP contribution in [-0.2, 0) is 11.0 Å². The van der Waals surface area contributed by atoms with Crippen LogP contribution in [0.5, 0.6) is 0 Å². The lowest BCUT2D eigenvalue weighted by Gasteiger charge is -2.07. The zero-order chi connectivity index (χ0) is 20.7. The average molecular weight is 429 g/mol. The molecule has 0 radical (unpaired) electrons. The van der Waals surface area contributed by atoms with Crippen LogP contribution < -0.4 is 10.6 Å². The smallest absolute Gasteiger partial charge is 0.344 e. The van der Waals surface area contributed by atoms with Crippen molar-refractivity contribution in [1.82, 2.24) is 10.6 Å². The van der Waals surface area contributed by atoms with E-state index in [1.807, 2.05) is 0 Å². The average Bonchev–Trinajstić information content (AvgIpc) is 2.63. The van der Waals surface area contributed by atoms with Gasteiger partial charge in [0.25, 0.3) is 5.91 Å². The molecule has 0 heterocycles. The van der Waals surface area contributed by atoms with Crippen molar-refractivity contribution >= 4 is 35.0 Å². The Morgan fingerprint density at radius 2 is 1.79 bits per heavy atom. The lowest BCUT2D eigenvalue weighted by molar-refractivity contribution is -0.137. The van der Waals surface area contributed by atoms with Gasteiger partial charge in [0.1, 0.15) is 0 Å². The molecule has 0 spiro atoms. The number of carbonyl (C=O) groups excluding carboxylic acids is 2. The second kappa shape index (κ2) is 9.49. The van der Waals surface area contributed by atoms with E-state index in [0.717, 1.165) is 12.1 Å². The highest BCUT2D eigenvalue weighted by atomic mass is 35.5. The Morgan fingerprint density at radius 1 is 1.04 bits per heavy atom. The van der Waals surface area contributed by atoms with E-state index in [2.05, 4.69) is 22.5 Å². The van der Waals surface area contributed by atoms with E-state index in [0.29, 0.717) is 5.02 Å². The first-order valence-electron chi connectivity index (χ1n) is 7.83. The van der Waals surface area contributed by atoms with Crippen LogP contribution in [0.4, 0.5) is 13.2 Å². The summed E-state index contributed by atoms with van der Waals surface area (Å²) in [5, 5.41) is 5.34. The molecule has 0 bridgehead atoms. The highest BCUT2D eigenvalue weighted by molar-refractivity contribution is 6.36. The Kier molecular flexibility index (Phi) is 7.32. The molecule has 0 aliphatic rings. The van der Waals surface area contributed by atoms with Gasteiger partial charge in [-0.15, -0.1) is 0 Å². The summed E-state index contributed by atoms with van der Waals surface area (Å²) in [6, 6.07) is 8.88. The zero-order valence-corrected chi connectivity index (χ0v) is 15.7. The van der Waals surface area contributed by atoms with Gasteiger partial charge in [0.2, 0.25) is 5.91 Å². The molecular formula is C19H13Cl2F3N2O2. The molecule has 28 heavy (non-hydrogen) atoms. The maximum absolute atomic E-state index is 12.6. The van der Waals surface area contributed by atoms with E-state index in [-0.39, 0.29) is 29.2 Å². The van der Waals surface area contributed by atoms with E-state index < -0.39 is 23.6 Å². The molecule has 2 aromatic rings. The number of alkyl halides is 3. The first-order chi connectivity index (χ1) is 13.2. The molecule has 0 aromatic heterocycles. The molecule has 0 aliphatic carbocycles. The lowest BCUT2D eigenvalue weighted by Crippen LogP contribution is -2.37. The lowest BCUT2D eigenvalue weighted by atomic mass is 10.1. The molecule has 2 N–H and O–H groups in total. The Bertz CT molecular complexity index is 950. The standard InChI is InChI=1S/C19H13Cl2F3N2O2/c20-14-6-7-15(16(21)10-14)18(28)26-11-17(27)25-8-2-4-12-3-1-5-13(9-12)19(22,23)24/h1,3,5-7,9-10H,8,11H2,(H,25,27)(H,26,28). The van der Waals surface area contributed by atoms with Gasteiger partial charge >= 0.3 is 6.18 Å². The van der Waals surface area contributed by atoms with Gasteiger partial charge in [-0.2, -0.15) is 13.2 Å². The van der Waals surface area contributed by atoms with Gasteiger partial charge < -0.3 is 10.6 Å². The largest absolute Gasteiger partial charge is 0.416 e. The fraction of sp³-hybridized carbons (Fsp3) is 0.158. The van der Waals surface area contributed by atoms with Crippen molar-refractivity contribution in [3.8, 4) is 11.8 Å². The monoisotopic (exact) mass is 428 g/mol. The molecule has 2 amide bonds. The number of hydrogen-bond donors (Lipinski definition) is 2. The highest BCUT2D eigenvalue weighted by Gasteiger charge is 2.30. The van der Waals surface area contributed by atoms with Gasteiger partial charge in [0.05, 0.1) is 29.2 Å². The number of carbonyl (C=O) groups is 2. The van der Waals surface area contributed by atoms with Crippen molar-refractivity contribution in [3.63, 3.8) is 0 Å². The summed E-state index contributed by atoms with van der Waals surface area (Å²) >= 11 is 11.7. The summed E-state index contributed by atoms with van der Waals surface area (Å²) in [5.41, 5.74) is -0.454. The summed E-state index contributed by atoms with van der Waals surface area (Å²) in [5.74, 6) is 4.02. The van der Waals surface area contributed by atoms with Crippen LogP contribution in [0.25, 0.3) is 0 Å². The molecule has 0 saturated heterocycles. The van der Waals surface area contributed by atoms with Crippen LogP contribution in [0.2, 0.25) is 10.0 Å². The molecule has 4 nitrogen and oxygen atoms in total. The molecule has 0 saturated carbocycles. The molecule has 2 rings (SSSR count). The normalized spacial score (nSPS) is 10.6. The molecule has 0 unspecified atom stereocenters. The minimum atomic E-state index is -4.45. The van der Waals surface area contributed by atoms with Gasteiger partial charge in [-0.3, -0.25) is 9.59 Å². The van der Waals surface area contributed by atoms with Crippen LogP contribution in [0.3, 0.4) is 0 Å². The van der Waals surface area contributed by atoms with Gasteiger partial charge in [0, 0.05) is 10.6 Å². The van der Waals surface area contributed by atoms with Gasteiger partial charge in [-0.25, -0.2) is 0 Å². The quantitative estimate of drug-likeness (QED) is 0.725. The van der Waals surface area contributed by atoms with Crippen molar-refractivity contribution in [1.29, 1.82) is 0 Å². The number of nitrogens with one attached hydrogen (secondary N) is 2. The topological polar surface area (TPSA) is 58.2 Å². The van der Waals surface area contributed by atoms with E-state index in [1.54, 1.807) is 0 Å². The van der Waals surface area contributed by atoms with Crippen LogP contribution in [0.15, 0.2) is 42.5 Å². The van der Waals surface area contributed by atoms with Crippen molar-refractivity contribution in [2.24, 2.45) is 0 Å². The predicted octanol–water partition coefficient (Wildman–Crippen LogP) is 3.91. The Morgan fingerprint density at radius 3 is 2.46 bits per heavy atom. The molecule has 0 atom stereocenters. The van der Waals surface area contributed by atoms with Crippen LogP contribution in [0.1, 0.15) is 21.5 Å². The highest BCUT2D eigenvalue weighted by Crippen LogP contribution is 2.29. The van der Waals surface area contributed by atoms with Crippen molar-refractivity contribution in [3.05, 3.63) is 69.2 Å². The van der Waals surface area contributed by atoms with Crippen molar-refractivity contribution in [2.45, 2.75) is 6.18 Å². The molecule has 0 fully saturated rings. The van der Waals surface area contributed by atoms with Gasteiger partial charge in [0.15, 0.2) is 0 Å². The first-order valence-corrected chi connectivity index (χ1v) is 8.58. The summed E-state index contributed by atoms with van der Waals surface area (Å²) in [6.45, 7) is -0.407. The third-order valence-corrected chi connectivity index (χ3v) is 3.93. The van der Waals surface area contributed by atoms with E-state index >= 15 is 0 Å². The summed E-state index contributed by atoms with van der Waals surface area (Å²) in [6.07, 6.45) is -4.45. The summed E-state index contributed by atoms with van der Waals surface area (Å²) in [7, 11) is 0. The molecular weight excluding hydrogens is 416 g/mol. The minimum absolute atomic E-state index is 0.0906. The number of benzene rings is 2. The van der Waals surface area contributed by atoms with Crippen LogP contribution in [-0.4, -0.2) is 24.9 Å². The zero-order valence-electron chi connectivity index (χ0n) is 14.2. The van der Waals surface area contributed by atoms with E-state index in [1.165, 1.54) is 30.3 Å². The number of amides is 2. The SMILES string of the molecule is O=C(CNC(=O)c1ccc(Cl)cc1Cl)NCC#Cc1cccc(C(F)(F)F)c1. The third kappa shape index (κ3) is 6.48. The van der Waals surface area contributed by atoms with E-state index in [4.69, 9.17) is 23.2 Å². The van der Waals surface area contributed by atoms with Crippen LogP contribution >= 0.6 is 23.2 Å². The van der Waals surface area contributed by atoms with Gasteiger partial charge in [-0.05, 0) is 36.4 Å². The third-order valence-electron chi connectivity index (χ3n) is 3.38. The van der Waals surface area contributed by atoms with Crippen molar-refractivity contribution < 1.29 is 22.8 Å². The Labute approximate surface area is 169 Å². The molecule has 146 valence electrons. The van der Waals surface area contributed by atoms with Crippen molar-refractivity contribution in [2.75, 3.05) is 13.1 Å². The predicted molar refractivity (Wildman–Crippen MR) is 100 cm³/mol. The number of hydrogen-bond acceptors (Lipinski definition) is 2. The summed E-state index contributed by atoms with van der Waals surface area (Å²) in [4.78, 5) is 23.7. The first kappa shape index (κ1) is 21.6. The second-order valence-electron chi connectivity index (χ2n) is 5.46. The molecule has 0 aliphatic heterocycles. The minimum Gasteiger partial charge on any atom is -0.344 e. The fourth-order valence-corrected chi connectivity index (χ4v) is 2.55. The number of rotatable bonds is 4. The second-order valence-corrected chi connectivity index (χ2v) is 6.31. The molecule has 2 aromatic carbocycles. The Balaban J connectivity index is 1.82. The Hall–Kier alpha value is -2.69. The maximum atomic E-state index is 12.6. The fourth-order valence-electron chi connectivity index (χ4n) is 2.05. The van der Waals surface area contributed by atoms with E-state index in [9.17, 15) is 22.8 Å². The van der Waals surface area contributed by atoms with Gasteiger partial charge in [-0.1, -0.05) is 41.1 Å². The maximum Gasteiger partial charge on any atom is 0.416 e.